The molecule has 3 unspecified atom stereocenters. The summed E-state index contributed by atoms with van der Waals surface area (Å²) in [7, 11) is 0. The fourth-order valence-corrected chi connectivity index (χ4v) is 4.01. The first-order chi connectivity index (χ1) is 9.73. The van der Waals surface area contributed by atoms with Gasteiger partial charge in [0.15, 0.2) is 0 Å². The first kappa shape index (κ1) is 16.0. The highest BCUT2D eigenvalue weighted by molar-refractivity contribution is 7.13. The van der Waals surface area contributed by atoms with Crippen molar-refractivity contribution in [1.29, 1.82) is 0 Å². The second-order valence-electron chi connectivity index (χ2n) is 6.57. The summed E-state index contributed by atoms with van der Waals surface area (Å²) in [5.74, 6) is -0.998. The number of carbonyl (C=O) groups is 2. The van der Waals surface area contributed by atoms with E-state index in [1.54, 1.807) is 0 Å². The summed E-state index contributed by atoms with van der Waals surface area (Å²) in [6, 6.07) is 3.81. The lowest BCUT2D eigenvalue weighted by atomic mass is 9.61. The monoisotopic (exact) mass is 309 g/mol. The molecule has 0 bridgehead atoms. The van der Waals surface area contributed by atoms with Crippen LogP contribution < -0.4 is 5.32 Å². The van der Waals surface area contributed by atoms with E-state index in [-0.39, 0.29) is 29.2 Å². The van der Waals surface area contributed by atoms with Gasteiger partial charge in [-0.3, -0.25) is 9.59 Å². The fraction of sp³-hybridized carbons (Fsp3) is 0.625. The Labute approximate surface area is 129 Å². The molecule has 0 aromatic carbocycles. The first-order valence-electron chi connectivity index (χ1n) is 7.33. The van der Waals surface area contributed by atoms with Gasteiger partial charge in [-0.2, -0.15) is 0 Å². The molecule has 1 fully saturated rings. The topological polar surface area (TPSA) is 66.4 Å². The third-order valence-corrected chi connectivity index (χ3v) is 6.02. The number of aliphatic carboxylic acids is 1. The van der Waals surface area contributed by atoms with E-state index in [2.05, 4.69) is 5.32 Å². The zero-order valence-corrected chi connectivity index (χ0v) is 13.8. The Bertz CT molecular complexity index is 549. The van der Waals surface area contributed by atoms with Crippen LogP contribution in [0.3, 0.4) is 0 Å². The van der Waals surface area contributed by atoms with Gasteiger partial charge < -0.3 is 10.4 Å². The lowest BCUT2D eigenvalue weighted by Gasteiger charge is -2.46. The van der Waals surface area contributed by atoms with Crippen molar-refractivity contribution >= 4 is 23.2 Å². The fourth-order valence-electron chi connectivity index (χ4n) is 3.24. The van der Waals surface area contributed by atoms with E-state index >= 15 is 0 Å². The maximum Gasteiger partial charge on any atom is 0.307 e. The Morgan fingerprint density at radius 2 is 2.00 bits per heavy atom. The van der Waals surface area contributed by atoms with Gasteiger partial charge in [0.25, 0.3) is 5.91 Å². The van der Waals surface area contributed by atoms with Gasteiger partial charge in [0.05, 0.1) is 10.8 Å². The molecular formula is C16H23NO3S. The van der Waals surface area contributed by atoms with Gasteiger partial charge in [-0.05, 0) is 43.2 Å². The van der Waals surface area contributed by atoms with Crippen molar-refractivity contribution in [3.8, 4) is 0 Å². The predicted octanol–water partition coefficient (Wildman–Crippen LogP) is 3.31. The maximum absolute atomic E-state index is 12.3. The van der Waals surface area contributed by atoms with E-state index in [1.165, 1.54) is 11.3 Å². The average molecular weight is 309 g/mol. The molecule has 1 aliphatic carbocycles. The highest BCUT2D eigenvalue weighted by atomic mass is 32.1. The number of carboxylic acids is 1. The molecule has 2 N–H and O–H groups in total. The molecule has 1 aliphatic rings. The number of nitrogens with one attached hydrogen (secondary N) is 1. The van der Waals surface area contributed by atoms with Crippen molar-refractivity contribution in [3.05, 3.63) is 21.9 Å². The van der Waals surface area contributed by atoms with Crippen LogP contribution in [0.2, 0.25) is 0 Å². The van der Waals surface area contributed by atoms with E-state index < -0.39 is 5.97 Å². The van der Waals surface area contributed by atoms with Crippen molar-refractivity contribution in [2.45, 2.75) is 46.6 Å². The van der Waals surface area contributed by atoms with E-state index in [9.17, 15) is 14.7 Å². The largest absolute Gasteiger partial charge is 0.481 e. The molecule has 4 nitrogen and oxygen atoms in total. The summed E-state index contributed by atoms with van der Waals surface area (Å²) in [6.07, 6.45) is 1.33. The Balaban J connectivity index is 2.09. The van der Waals surface area contributed by atoms with Gasteiger partial charge in [-0.1, -0.05) is 20.8 Å². The van der Waals surface area contributed by atoms with Crippen LogP contribution >= 0.6 is 11.3 Å². The molecular weight excluding hydrogens is 286 g/mol. The number of carboxylic acid groups (broad SMARTS) is 1. The predicted molar refractivity (Wildman–Crippen MR) is 83.6 cm³/mol. The third kappa shape index (κ3) is 3.12. The van der Waals surface area contributed by atoms with E-state index in [0.717, 1.165) is 16.2 Å². The Morgan fingerprint density at radius 3 is 2.52 bits per heavy atom. The zero-order chi connectivity index (χ0) is 15.8. The summed E-state index contributed by atoms with van der Waals surface area (Å²) in [4.78, 5) is 25.5. The highest BCUT2D eigenvalue weighted by Gasteiger charge is 2.46. The molecule has 1 aromatic rings. The molecule has 1 amide bonds. The van der Waals surface area contributed by atoms with Crippen LogP contribution in [0.15, 0.2) is 12.1 Å². The smallest absolute Gasteiger partial charge is 0.307 e. The minimum Gasteiger partial charge on any atom is -0.481 e. The second kappa shape index (κ2) is 5.79. The molecule has 0 spiro atoms. The van der Waals surface area contributed by atoms with Crippen LogP contribution in [0.4, 0.5) is 0 Å². The molecule has 0 saturated heterocycles. The number of aryl methyl sites for hydroxylation is 1. The van der Waals surface area contributed by atoms with E-state index in [1.807, 2.05) is 39.8 Å². The molecule has 3 atom stereocenters. The minimum atomic E-state index is -0.731. The van der Waals surface area contributed by atoms with Crippen LogP contribution in [0.1, 0.15) is 48.2 Å². The number of amides is 1. The molecule has 1 aromatic heterocycles. The van der Waals surface area contributed by atoms with Crippen LogP contribution in [0.5, 0.6) is 0 Å². The van der Waals surface area contributed by atoms with Crippen LogP contribution in [0, 0.1) is 24.2 Å². The second-order valence-corrected chi connectivity index (χ2v) is 7.86. The van der Waals surface area contributed by atoms with E-state index in [0.29, 0.717) is 6.42 Å². The van der Waals surface area contributed by atoms with Gasteiger partial charge in [0, 0.05) is 10.9 Å². The van der Waals surface area contributed by atoms with E-state index in [4.69, 9.17) is 0 Å². The number of hydrogen-bond acceptors (Lipinski definition) is 3. The SMILES string of the molecule is Cc1ccc(C(=O)NC2CCC(C(=O)O)C(C)(C)C2C)s1. The summed E-state index contributed by atoms with van der Waals surface area (Å²) >= 11 is 1.48. The molecule has 1 saturated carbocycles. The average Bonchev–Trinajstić information content (AvgIpc) is 2.81. The van der Waals surface area contributed by atoms with Crippen molar-refractivity contribution in [3.63, 3.8) is 0 Å². The number of thiophene rings is 1. The lowest BCUT2D eigenvalue weighted by Crippen LogP contribution is -2.52. The number of hydrogen-bond donors (Lipinski definition) is 2. The maximum atomic E-state index is 12.3. The van der Waals surface area contributed by atoms with Crippen molar-refractivity contribution in [2.75, 3.05) is 0 Å². The molecule has 1 heterocycles. The molecule has 21 heavy (non-hydrogen) atoms. The van der Waals surface area contributed by atoms with Crippen LogP contribution in [0.25, 0.3) is 0 Å². The Morgan fingerprint density at radius 1 is 1.33 bits per heavy atom. The molecule has 116 valence electrons. The number of carbonyl (C=O) groups excluding carboxylic acids is 1. The van der Waals surface area contributed by atoms with Crippen molar-refractivity contribution in [1.82, 2.24) is 5.32 Å². The van der Waals surface area contributed by atoms with Gasteiger partial charge in [0.1, 0.15) is 0 Å². The van der Waals surface area contributed by atoms with Crippen molar-refractivity contribution in [2.24, 2.45) is 17.3 Å². The lowest BCUT2D eigenvalue weighted by molar-refractivity contribution is -0.150. The zero-order valence-electron chi connectivity index (χ0n) is 13.0. The Hall–Kier alpha value is -1.36. The van der Waals surface area contributed by atoms with Crippen LogP contribution in [-0.2, 0) is 4.79 Å². The molecule has 0 aliphatic heterocycles. The van der Waals surface area contributed by atoms with Gasteiger partial charge >= 0.3 is 5.97 Å². The minimum absolute atomic E-state index is 0.0329. The quantitative estimate of drug-likeness (QED) is 0.900. The van der Waals surface area contributed by atoms with Crippen LogP contribution in [-0.4, -0.2) is 23.0 Å². The molecule has 5 heteroatoms. The van der Waals surface area contributed by atoms with Crippen molar-refractivity contribution < 1.29 is 14.7 Å². The van der Waals surface area contributed by atoms with Gasteiger partial charge in [-0.15, -0.1) is 11.3 Å². The number of rotatable bonds is 3. The summed E-state index contributed by atoms with van der Waals surface area (Å²) in [5, 5.41) is 12.4. The van der Waals surface area contributed by atoms with Gasteiger partial charge in [0.2, 0.25) is 0 Å². The summed E-state index contributed by atoms with van der Waals surface area (Å²) < 4.78 is 0. The van der Waals surface area contributed by atoms with Gasteiger partial charge in [-0.25, -0.2) is 0 Å². The highest BCUT2D eigenvalue weighted by Crippen LogP contribution is 2.45. The summed E-state index contributed by atoms with van der Waals surface area (Å²) in [5.41, 5.74) is -0.326. The summed E-state index contributed by atoms with van der Waals surface area (Å²) in [6.45, 7) is 8.00. The normalized spacial score (nSPS) is 28.1. The Kier molecular flexibility index (Phi) is 4.42. The molecule has 2 rings (SSSR count). The standard InChI is InChI=1S/C16H23NO3S/c1-9-5-8-13(21-9)14(18)17-12-7-6-11(15(19)20)16(3,4)10(12)2/h5,8,10-12H,6-7H2,1-4H3,(H,17,18)(H,19,20). The molecule has 0 radical (unpaired) electrons. The third-order valence-electron chi connectivity index (χ3n) is 5.02. The first-order valence-corrected chi connectivity index (χ1v) is 8.15.